The fraction of sp³-hybridized carbons (Fsp3) is 0.588. The van der Waals surface area contributed by atoms with Gasteiger partial charge in [-0.05, 0) is 26.8 Å². The van der Waals surface area contributed by atoms with E-state index in [1.807, 2.05) is 0 Å². The quantitative estimate of drug-likeness (QED) is 0.313. The SMILES string of the molecule is CC(C)(C)[S+]([O-])N[C@]1(C(F)(F)COCC#N)CCOc2ccc([N+](=O)[O-])cc21. The zero-order chi connectivity index (χ0) is 21.2. The van der Waals surface area contributed by atoms with E-state index in [1.165, 1.54) is 6.07 Å². The van der Waals surface area contributed by atoms with Crippen molar-refractivity contribution in [3.05, 3.63) is 33.9 Å². The molecule has 2 rings (SSSR count). The first-order valence-corrected chi connectivity index (χ1v) is 9.53. The summed E-state index contributed by atoms with van der Waals surface area (Å²) in [4.78, 5) is 10.5. The molecule has 8 nitrogen and oxygen atoms in total. The van der Waals surface area contributed by atoms with E-state index in [1.54, 1.807) is 26.8 Å². The average Bonchev–Trinajstić information content (AvgIpc) is 2.60. The Bertz CT molecular complexity index is 781. The lowest BCUT2D eigenvalue weighted by Gasteiger charge is -2.44. The number of hydrogen-bond donors (Lipinski definition) is 1. The third kappa shape index (κ3) is 4.35. The number of halogens is 2. The van der Waals surface area contributed by atoms with Crippen molar-refractivity contribution >= 4 is 17.0 Å². The Labute approximate surface area is 164 Å². The highest BCUT2D eigenvalue weighted by Gasteiger charge is 2.61. The molecule has 0 fully saturated rings. The minimum Gasteiger partial charge on any atom is -0.598 e. The van der Waals surface area contributed by atoms with E-state index < -0.39 is 51.4 Å². The van der Waals surface area contributed by atoms with E-state index in [-0.39, 0.29) is 24.3 Å². The van der Waals surface area contributed by atoms with Crippen LogP contribution in [-0.2, 0) is 21.6 Å². The molecule has 1 aromatic carbocycles. The van der Waals surface area contributed by atoms with Crippen LogP contribution >= 0.6 is 0 Å². The fourth-order valence-electron chi connectivity index (χ4n) is 2.76. The van der Waals surface area contributed by atoms with Crippen LogP contribution in [0, 0.1) is 21.4 Å². The summed E-state index contributed by atoms with van der Waals surface area (Å²) < 4.78 is 55.3. The molecule has 1 heterocycles. The summed E-state index contributed by atoms with van der Waals surface area (Å²) >= 11 is -1.93. The second-order valence-electron chi connectivity index (χ2n) is 7.28. The molecule has 0 amide bonds. The lowest BCUT2D eigenvalue weighted by atomic mass is 9.80. The minimum atomic E-state index is -3.64. The summed E-state index contributed by atoms with van der Waals surface area (Å²) in [5.41, 5.74) is -2.80. The molecule has 11 heteroatoms. The Balaban J connectivity index is 2.62. The van der Waals surface area contributed by atoms with Crippen molar-refractivity contribution in [1.82, 2.24) is 4.72 Å². The molecule has 0 aliphatic carbocycles. The molecule has 1 aromatic rings. The topological polar surface area (TPSA) is 120 Å². The van der Waals surface area contributed by atoms with Gasteiger partial charge in [-0.1, -0.05) is 0 Å². The molecule has 28 heavy (non-hydrogen) atoms. The molecule has 0 radical (unpaired) electrons. The number of hydrogen-bond acceptors (Lipinski definition) is 7. The highest BCUT2D eigenvalue weighted by atomic mass is 32.2. The lowest BCUT2D eigenvalue weighted by molar-refractivity contribution is -0.385. The Kier molecular flexibility index (Phi) is 6.50. The second kappa shape index (κ2) is 8.16. The molecule has 1 aliphatic heterocycles. The largest absolute Gasteiger partial charge is 0.598 e. The molecule has 0 saturated heterocycles. The van der Waals surface area contributed by atoms with Crippen molar-refractivity contribution in [3.8, 4) is 11.8 Å². The molecule has 1 aliphatic rings. The predicted octanol–water partition coefficient (Wildman–Crippen LogP) is 2.80. The number of non-ortho nitro benzene ring substituents is 1. The summed E-state index contributed by atoms with van der Waals surface area (Å²) in [7, 11) is 0. The molecule has 2 atom stereocenters. The van der Waals surface area contributed by atoms with Gasteiger partial charge in [-0.15, -0.1) is 4.72 Å². The molecule has 0 bridgehead atoms. The highest BCUT2D eigenvalue weighted by molar-refractivity contribution is 7.90. The Morgan fingerprint density at radius 3 is 2.71 bits per heavy atom. The molecular weight excluding hydrogens is 396 g/mol. The number of rotatable bonds is 7. The number of nitro benzene ring substituents is 1. The van der Waals surface area contributed by atoms with Gasteiger partial charge in [0, 0.05) is 35.5 Å². The number of benzene rings is 1. The van der Waals surface area contributed by atoms with Crippen LogP contribution in [0.3, 0.4) is 0 Å². The third-order valence-corrected chi connectivity index (χ3v) is 5.91. The number of nitrogens with zero attached hydrogens (tertiary/aromatic N) is 2. The zero-order valence-electron chi connectivity index (χ0n) is 15.7. The van der Waals surface area contributed by atoms with Gasteiger partial charge in [0.15, 0.2) is 5.54 Å². The standard InChI is InChI=1S/C17H21F2N3O5S/c1-15(2,3)28(25)21-16(17(18,19)11-26-9-7-20)6-8-27-14-5-4-12(22(23)24)10-13(14)16/h4-5,10,21H,6,8-9,11H2,1-3H3/t16-,28?/m1/s1. The summed E-state index contributed by atoms with van der Waals surface area (Å²) in [5, 5.41) is 19.7. The van der Waals surface area contributed by atoms with E-state index in [0.29, 0.717) is 0 Å². The van der Waals surface area contributed by atoms with Gasteiger partial charge in [-0.2, -0.15) is 5.26 Å². The maximum absolute atomic E-state index is 15.4. The summed E-state index contributed by atoms with van der Waals surface area (Å²) in [5.74, 6) is -3.60. The van der Waals surface area contributed by atoms with Gasteiger partial charge >= 0.3 is 0 Å². The van der Waals surface area contributed by atoms with Gasteiger partial charge < -0.3 is 14.0 Å². The van der Waals surface area contributed by atoms with Crippen molar-refractivity contribution in [3.63, 3.8) is 0 Å². The number of nitriles is 1. The van der Waals surface area contributed by atoms with Gasteiger partial charge in [0.05, 0.1) is 17.6 Å². The van der Waals surface area contributed by atoms with Gasteiger partial charge in [0.25, 0.3) is 11.6 Å². The average molecular weight is 417 g/mol. The summed E-state index contributed by atoms with van der Waals surface area (Å²) in [6.07, 6.45) is -0.300. The number of ether oxygens (including phenoxy) is 2. The van der Waals surface area contributed by atoms with Crippen LogP contribution in [0.1, 0.15) is 32.8 Å². The van der Waals surface area contributed by atoms with Gasteiger partial charge in [0.1, 0.15) is 23.7 Å². The van der Waals surface area contributed by atoms with Gasteiger partial charge in [0.2, 0.25) is 0 Å². The monoisotopic (exact) mass is 417 g/mol. The first-order chi connectivity index (χ1) is 12.9. The van der Waals surface area contributed by atoms with E-state index in [9.17, 15) is 14.7 Å². The predicted molar refractivity (Wildman–Crippen MR) is 97.3 cm³/mol. The van der Waals surface area contributed by atoms with Crippen molar-refractivity contribution in [2.75, 3.05) is 19.8 Å². The molecule has 0 spiro atoms. The maximum Gasteiger partial charge on any atom is 0.297 e. The Hall–Kier alpha value is -2.00. The van der Waals surface area contributed by atoms with Crippen LogP contribution in [0.15, 0.2) is 18.2 Å². The van der Waals surface area contributed by atoms with Crippen molar-refractivity contribution in [1.29, 1.82) is 5.26 Å². The summed E-state index contributed by atoms with van der Waals surface area (Å²) in [6, 6.07) is 5.01. The molecule has 0 saturated carbocycles. The molecular formula is C17H21F2N3O5S. The first kappa shape index (κ1) is 22.3. The number of nitrogens with one attached hydrogen (secondary N) is 1. The van der Waals surface area contributed by atoms with Crippen molar-refractivity contribution < 1.29 is 27.7 Å². The number of alkyl halides is 2. The number of nitro groups is 1. The van der Waals surface area contributed by atoms with E-state index in [4.69, 9.17) is 14.7 Å². The van der Waals surface area contributed by atoms with Crippen LogP contribution in [0.25, 0.3) is 0 Å². The van der Waals surface area contributed by atoms with Crippen molar-refractivity contribution in [2.45, 2.75) is 43.4 Å². The van der Waals surface area contributed by atoms with Gasteiger partial charge in [-0.3, -0.25) is 10.1 Å². The Morgan fingerprint density at radius 1 is 1.46 bits per heavy atom. The minimum absolute atomic E-state index is 0.0372. The highest BCUT2D eigenvalue weighted by Crippen LogP contribution is 2.49. The third-order valence-electron chi connectivity index (χ3n) is 4.27. The molecule has 1 unspecified atom stereocenters. The van der Waals surface area contributed by atoms with Crippen LogP contribution in [0.5, 0.6) is 5.75 Å². The van der Waals surface area contributed by atoms with E-state index >= 15 is 8.78 Å². The van der Waals surface area contributed by atoms with Crippen LogP contribution in [-0.4, -0.2) is 40.0 Å². The molecule has 0 aromatic heterocycles. The number of fused-ring (bicyclic) bond motifs is 1. The zero-order valence-corrected chi connectivity index (χ0v) is 16.5. The van der Waals surface area contributed by atoms with Crippen LogP contribution in [0.4, 0.5) is 14.5 Å². The fourth-order valence-corrected chi connectivity index (χ4v) is 3.74. The second-order valence-corrected chi connectivity index (χ2v) is 9.25. The smallest absolute Gasteiger partial charge is 0.297 e. The first-order valence-electron chi connectivity index (χ1n) is 8.38. The Morgan fingerprint density at radius 2 is 2.14 bits per heavy atom. The molecule has 1 N–H and O–H groups in total. The molecule has 154 valence electrons. The van der Waals surface area contributed by atoms with Crippen LogP contribution < -0.4 is 9.46 Å². The summed E-state index contributed by atoms with van der Waals surface area (Å²) in [6.45, 7) is 3.04. The lowest BCUT2D eigenvalue weighted by Crippen LogP contribution is -2.63. The van der Waals surface area contributed by atoms with Crippen molar-refractivity contribution in [2.24, 2.45) is 0 Å². The van der Waals surface area contributed by atoms with Crippen LogP contribution in [0.2, 0.25) is 0 Å². The van der Waals surface area contributed by atoms with E-state index in [0.717, 1.165) is 12.1 Å². The van der Waals surface area contributed by atoms with E-state index in [2.05, 4.69) is 4.72 Å². The maximum atomic E-state index is 15.4. The normalized spacial score (nSPS) is 20.6. The van der Waals surface area contributed by atoms with Gasteiger partial charge in [-0.25, -0.2) is 8.78 Å².